The molecule has 0 bridgehead atoms. The first-order valence-electron chi connectivity index (χ1n) is 10.8. The van der Waals surface area contributed by atoms with Gasteiger partial charge in [0.25, 0.3) is 5.56 Å². The van der Waals surface area contributed by atoms with Gasteiger partial charge in [-0.05, 0) is 62.1 Å². The zero-order chi connectivity index (χ0) is 22.0. The number of hydrogen-bond acceptors (Lipinski definition) is 3. The maximum atomic E-state index is 13.3. The summed E-state index contributed by atoms with van der Waals surface area (Å²) in [7, 11) is 1.58. The van der Waals surface area contributed by atoms with Gasteiger partial charge in [-0.25, -0.2) is 4.79 Å². The number of nitrogens with zero attached hydrogens (tertiary/aromatic N) is 1. The summed E-state index contributed by atoms with van der Waals surface area (Å²) in [6.07, 6.45) is 4.08. The van der Waals surface area contributed by atoms with Gasteiger partial charge >= 0.3 is 6.03 Å². The van der Waals surface area contributed by atoms with Gasteiger partial charge in [-0.15, -0.1) is 0 Å². The molecule has 2 aromatic carbocycles. The Bertz CT molecular complexity index is 1160. The topological polar surface area (TPSA) is 74.4 Å². The molecule has 4 rings (SSSR count). The average molecular weight is 420 g/mol. The van der Waals surface area contributed by atoms with Crippen LogP contribution < -0.4 is 15.6 Å². The number of carbonyl (C=O) groups is 1. The number of benzene rings is 2. The van der Waals surface area contributed by atoms with Crippen molar-refractivity contribution in [2.45, 2.75) is 52.1 Å². The second kappa shape index (κ2) is 8.84. The van der Waals surface area contributed by atoms with Gasteiger partial charge in [0.1, 0.15) is 5.75 Å². The molecule has 1 aliphatic carbocycles. The Balaban J connectivity index is 1.66. The molecule has 1 aromatic heterocycles. The zero-order valence-electron chi connectivity index (χ0n) is 18.3. The lowest BCUT2D eigenvalue weighted by Crippen LogP contribution is -2.42. The highest BCUT2D eigenvalue weighted by Gasteiger charge is 2.28. The molecule has 2 N–H and O–H groups in total. The second-order valence-corrected chi connectivity index (χ2v) is 8.36. The van der Waals surface area contributed by atoms with Gasteiger partial charge in [0.05, 0.1) is 19.3 Å². The van der Waals surface area contributed by atoms with Gasteiger partial charge in [0.15, 0.2) is 0 Å². The summed E-state index contributed by atoms with van der Waals surface area (Å²) < 4.78 is 5.37. The molecule has 31 heavy (non-hydrogen) atoms. The molecule has 2 amide bonds. The quantitative estimate of drug-likeness (QED) is 0.602. The Hall–Kier alpha value is -3.28. The largest absolute Gasteiger partial charge is 0.495 e. The van der Waals surface area contributed by atoms with Gasteiger partial charge in [-0.1, -0.05) is 31.0 Å². The molecule has 6 heteroatoms. The van der Waals surface area contributed by atoms with Gasteiger partial charge < -0.3 is 19.9 Å². The van der Waals surface area contributed by atoms with E-state index in [1.165, 1.54) is 0 Å². The second-order valence-electron chi connectivity index (χ2n) is 8.36. The minimum absolute atomic E-state index is 0.115. The molecule has 162 valence electrons. The maximum Gasteiger partial charge on any atom is 0.322 e. The van der Waals surface area contributed by atoms with Crippen molar-refractivity contribution in [1.82, 2.24) is 9.88 Å². The van der Waals surface area contributed by atoms with Crippen LogP contribution in [0.1, 0.15) is 42.4 Å². The van der Waals surface area contributed by atoms with Crippen LogP contribution in [-0.4, -0.2) is 29.1 Å². The van der Waals surface area contributed by atoms with Crippen LogP contribution in [-0.2, 0) is 6.54 Å². The first-order chi connectivity index (χ1) is 15.0. The van der Waals surface area contributed by atoms with Crippen molar-refractivity contribution in [2.24, 2.45) is 0 Å². The number of ether oxygens (including phenoxy) is 1. The van der Waals surface area contributed by atoms with Crippen molar-refractivity contribution in [2.75, 3.05) is 12.4 Å². The van der Waals surface area contributed by atoms with Crippen LogP contribution >= 0.6 is 0 Å². The lowest BCUT2D eigenvalue weighted by Gasteiger charge is -2.29. The molecule has 1 saturated carbocycles. The molecule has 3 aromatic rings. The molecule has 1 aliphatic rings. The summed E-state index contributed by atoms with van der Waals surface area (Å²) in [5.41, 5.74) is 4.12. The number of urea groups is 1. The number of methoxy groups -OCH3 is 1. The molecule has 0 aliphatic heterocycles. The highest BCUT2D eigenvalue weighted by atomic mass is 16.5. The van der Waals surface area contributed by atoms with E-state index >= 15 is 0 Å². The Labute approximate surface area is 182 Å². The molecule has 0 radical (unpaired) electrons. The van der Waals surface area contributed by atoms with Gasteiger partial charge in [0, 0.05) is 22.5 Å². The average Bonchev–Trinajstić information content (AvgIpc) is 3.27. The van der Waals surface area contributed by atoms with Crippen molar-refractivity contribution < 1.29 is 9.53 Å². The summed E-state index contributed by atoms with van der Waals surface area (Å²) in [6, 6.07) is 13.3. The monoisotopic (exact) mass is 419 g/mol. The molecular weight excluding hydrogens is 390 g/mol. The van der Waals surface area contributed by atoms with E-state index < -0.39 is 0 Å². The van der Waals surface area contributed by atoms with E-state index in [1.807, 2.05) is 50.2 Å². The third-order valence-electron chi connectivity index (χ3n) is 6.11. The van der Waals surface area contributed by atoms with Crippen molar-refractivity contribution in [1.29, 1.82) is 0 Å². The number of aryl methyl sites for hydroxylation is 2. The number of hydrogen-bond donors (Lipinski definition) is 2. The van der Waals surface area contributed by atoms with Gasteiger partial charge in [0.2, 0.25) is 0 Å². The van der Waals surface area contributed by atoms with E-state index in [0.717, 1.165) is 47.7 Å². The number of pyridine rings is 1. The minimum atomic E-state index is -0.212. The third kappa shape index (κ3) is 4.43. The fourth-order valence-corrected chi connectivity index (χ4v) is 4.53. The van der Waals surface area contributed by atoms with Crippen molar-refractivity contribution in [3.8, 4) is 5.75 Å². The van der Waals surface area contributed by atoms with Crippen molar-refractivity contribution in [3.63, 3.8) is 0 Å². The number of aromatic amines is 1. The van der Waals surface area contributed by atoms with E-state index in [9.17, 15) is 9.59 Å². The predicted octanol–water partition coefficient (Wildman–Crippen LogP) is 5.13. The predicted molar refractivity (Wildman–Crippen MR) is 124 cm³/mol. The standard InChI is InChI=1S/C25H29N3O3/c1-16-12-17(2)20-14-18(24(29)26-22(20)13-16)15-28(19-8-4-5-9-19)25(30)27-21-10-6-7-11-23(21)31-3/h6-7,10-14,19H,4-5,8-9,15H2,1-3H3,(H,26,29)(H,27,30). The smallest absolute Gasteiger partial charge is 0.322 e. The first kappa shape index (κ1) is 21.0. The van der Waals surface area contributed by atoms with E-state index in [1.54, 1.807) is 12.0 Å². The molecule has 0 spiro atoms. The number of para-hydroxylation sites is 2. The molecular formula is C25H29N3O3. The van der Waals surface area contributed by atoms with E-state index in [4.69, 9.17) is 4.74 Å². The molecule has 6 nitrogen and oxygen atoms in total. The number of carbonyl (C=O) groups excluding carboxylic acids is 1. The summed E-state index contributed by atoms with van der Waals surface area (Å²) in [6.45, 7) is 4.33. The van der Waals surface area contributed by atoms with Crippen molar-refractivity contribution in [3.05, 3.63) is 69.5 Å². The SMILES string of the molecule is COc1ccccc1NC(=O)N(Cc1cc2c(C)cc(C)cc2[nH]c1=O)C1CCCC1. The summed E-state index contributed by atoms with van der Waals surface area (Å²) in [5, 5.41) is 3.99. The fraction of sp³-hybridized carbons (Fsp3) is 0.360. The summed E-state index contributed by atoms with van der Waals surface area (Å²) >= 11 is 0. The minimum Gasteiger partial charge on any atom is -0.495 e. The number of H-pyrrole nitrogens is 1. The summed E-state index contributed by atoms with van der Waals surface area (Å²) in [5.74, 6) is 0.608. The van der Waals surface area contributed by atoms with Crippen LogP contribution in [0, 0.1) is 13.8 Å². The highest BCUT2D eigenvalue weighted by molar-refractivity contribution is 5.91. The van der Waals surface area contributed by atoms with Crippen LogP contribution in [0.5, 0.6) is 5.75 Å². The van der Waals surface area contributed by atoms with E-state index in [-0.39, 0.29) is 24.2 Å². The Morgan fingerprint density at radius 2 is 1.90 bits per heavy atom. The molecule has 0 saturated heterocycles. The maximum absolute atomic E-state index is 13.3. The van der Waals surface area contributed by atoms with Crippen LogP contribution in [0.2, 0.25) is 0 Å². The fourth-order valence-electron chi connectivity index (χ4n) is 4.53. The number of rotatable bonds is 5. The zero-order valence-corrected chi connectivity index (χ0v) is 18.3. The lowest BCUT2D eigenvalue weighted by molar-refractivity contribution is 0.184. The Morgan fingerprint density at radius 1 is 1.16 bits per heavy atom. The van der Waals surface area contributed by atoms with Gasteiger partial charge in [-0.3, -0.25) is 4.79 Å². The molecule has 1 heterocycles. The van der Waals surface area contributed by atoms with Crippen LogP contribution in [0.4, 0.5) is 10.5 Å². The van der Waals surface area contributed by atoms with E-state index in [2.05, 4.69) is 16.4 Å². The van der Waals surface area contributed by atoms with Crippen molar-refractivity contribution >= 4 is 22.6 Å². The number of anilines is 1. The normalized spacial score (nSPS) is 14.0. The van der Waals surface area contributed by atoms with Crippen LogP contribution in [0.15, 0.2) is 47.3 Å². The molecule has 0 atom stereocenters. The number of nitrogens with one attached hydrogen (secondary N) is 2. The highest BCUT2D eigenvalue weighted by Crippen LogP contribution is 2.28. The molecule has 0 unspecified atom stereocenters. The Morgan fingerprint density at radius 3 is 2.65 bits per heavy atom. The third-order valence-corrected chi connectivity index (χ3v) is 6.11. The Kier molecular flexibility index (Phi) is 5.98. The van der Waals surface area contributed by atoms with Gasteiger partial charge in [-0.2, -0.15) is 0 Å². The number of aromatic nitrogens is 1. The van der Waals surface area contributed by atoms with Crippen LogP contribution in [0.25, 0.3) is 10.9 Å². The first-order valence-corrected chi connectivity index (χ1v) is 10.8. The number of fused-ring (bicyclic) bond motifs is 1. The lowest BCUT2D eigenvalue weighted by atomic mass is 10.0. The molecule has 1 fully saturated rings. The van der Waals surface area contributed by atoms with Crippen LogP contribution in [0.3, 0.4) is 0 Å². The van der Waals surface area contributed by atoms with E-state index in [0.29, 0.717) is 17.0 Å². The summed E-state index contributed by atoms with van der Waals surface area (Å²) in [4.78, 5) is 31.0. The number of amides is 2.